The number of aliphatic imine (C=N–C) groups is 1. The number of hydrogen-bond donors (Lipinski definition) is 2. The van der Waals surface area contributed by atoms with Crippen LogP contribution in [0.25, 0.3) is 0 Å². The van der Waals surface area contributed by atoms with Crippen molar-refractivity contribution < 1.29 is 4.39 Å². The first-order valence-electron chi connectivity index (χ1n) is 5.86. The summed E-state index contributed by atoms with van der Waals surface area (Å²) in [5.74, 6) is 1.60. The minimum absolute atomic E-state index is 0. The molecule has 0 fully saturated rings. The summed E-state index contributed by atoms with van der Waals surface area (Å²) in [6.45, 7) is 3.19. The van der Waals surface area contributed by atoms with E-state index < -0.39 is 0 Å². The van der Waals surface area contributed by atoms with E-state index in [1.165, 1.54) is 0 Å². The van der Waals surface area contributed by atoms with Crippen LogP contribution in [0.3, 0.4) is 0 Å². The van der Waals surface area contributed by atoms with Crippen LogP contribution >= 0.6 is 35.7 Å². The molecule has 0 heterocycles. The molecule has 108 valence electrons. The number of nitrogens with one attached hydrogen (secondary N) is 2. The van der Waals surface area contributed by atoms with Crippen molar-refractivity contribution >= 4 is 41.7 Å². The van der Waals surface area contributed by atoms with E-state index in [1.54, 1.807) is 37.9 Å². The highest BCUT2D eigenvalue weighted by atomic mass is 127. The van der Waals surface area contributed by atoms with E-state index in [0.29, 0.717) is 12.1 Å². The zero-order chi connectivity index (χ0) is 13.4. The van der Waals surface area contributed by atoms with Gasteiger partial charge in [-0.05, 0) is 30.4 Å². The lowest BCUT2D eigenvalue weighted by Gasteiger charge is -2.11. The van der Waals surface area contributed by atoms with Gasteiger partial charge in [0.2, 0.25) is 0 Å². The van der Waals surface area contributed by atoms with E-state index in [0.717, 1.165) is 23.8 Å². The Labute approximate surface area is 135 Å². The van der Waals surface area contributed by atoms with Crippen molar-refractivity contribution in [1.82, 2.24) is 10.6 Å². The molecule has 0 saturated heterocycles. The summed E-state index contributed by atoms with van der Waals surface area (Å²) in [6, 6.07) is 5.26. The van der Waals surface area contributed by atoms with E-state index >= 15 is 0 Å². The predicted octanol–water partition coefficient (Wildman–Crippen LogP) is 2.78. The maximum atomic E-state index is 13.4. The topological polar surface area (TPSA) is 36.4 Å². The highest BCUT2D eigenvalue weighted by Crippen LogP contribution is 2.08. The molecule has 0 radical (unpaired) electrons. The van der Waals surface area contributed by atoms with Crippen LogP contribution in [0.2, 0.25) is 0 Å². The first kappa shape index (κ1) is 18.5. The van der Waals surface area contributed by atoms with Gasteiger partial charge in [-0.15, -0.1) is 24.0 Å². The molecule has 19 heavy (non-hydrogen) atoms. The third kappa shape index (κ3) is 7.00. The molecule has 0 atom stereocenters. The number of nitrogens with zero attached hydrogens (tertiary/aromatic N) is 1. The van der Waals surface area contributed by atoms with Crippen LogP contribution in [0.1, 0.15) is 11.1 Å². The Hall–Kier alpha value is -0.500. The molecule has 0 unspecified atom stereocenters. The fourth-order valence-electron chi connectivity index (χ4n) is 1.42. The van der Waals surface area contributed by atoms with Crippen molar-refractivity contribution in [3.8, 4) is 0 Å². The van der Waals surface area contributed by atoms with Crippen LogP contribution in [0.5, 0.6) is 0 Å². The quantitative estimate of drug-likeness (QED) is 0.347. The molecule has 1 aromatic rings. The first-order chi connectivity index (χ1) is 8.67. The van der Waals surface area contributed by atoms with Crippen LogP contribution in [0.4, 0.5) is 4.39 Å². The number of rotatable bonds is 5. The van der Waals surface area contributed by atoms with Crippen LogP contribution < -0.4 is 10.6 Å². The normalized spacial score (nSPS) is 10.8. The van der Waals surface area contributed by atoms with Gasteiger partial charge < -0.3 is 10.6 Å². The maximum absolute atomic E-state index is 13.4. The van der Waals surface area contributed by atoms with Gasteiger partial charge in [0, 0.05) is 25.9 Å². The van der Waals surface area contributed by atoms with E-state index in [4.69, 9.17) is 0 Å². The van der Waals surface area contributed by atoms with Gasteiger partial charge in [-0.1, -0.05) is 12.1 Å². The van der Waals surface area contributed by atoms with Gasteiger partial charge in [0.05, 0.1) is 0 Å². The van der Waals surface area contributed by atoms with Crippen molar-refractivity contribution in [2.45, 2.75) is 13.5 Å². The number of guanidine groups is 1. The summed E-state index contributed by atoms with van der Waals surface area (Å²) in [7, 11) is 1.73. The number of benzene rings is 1. The summed E-state index contributed by atoms with van der Waals surface area (Å²) in [4.78, 5) is 4.11. The third-order valence-electron chi connectivity index (χ3n) is 2.52. The Balaban J connectivity index is 0.00000324. The number of aryl methyl sites for hydroxylation is 1. The summed E-state index contributed by atoms with van der Waals surface area (Å²) < 4.78 is 13.4. The van der Waals surface area contributed by atoms with Gasteiger partial charge in [0.25, 0.3) is 0 Å². The smallest absolute Gasteiger partial charge is 0.191 e. The lowest BCUT2D eigenvalue weighted by atomic mass is 10.1. The van der Waals surface area contributed by atoms with E-state index in [2.05, 4.69) is 21.9 Å². The fraction of sp³-hybridized carbons (Fsp3) is 0.462. The van der Waals surface area contributed by atoms with Crippen LogP contribution in [-0.4, -0.2) is 31.6 Å². The third-order valence-corrected chi connectivity index (χ3v) is 3.13. The molecule has 1 rings (SSSR count). The molecule has 6 heteroatoms. The zero-order valence-corrected chi connectivity index (χ0v) is 14.6. The standard InChI is InChI=1S/C13H20FN3S.HI/c1-10-4-5-11(8-12(10)14)9-17-13(15-2)16-6-7-18-3;/h4-5,8H,6-7,9H2,1-3H3,(H2,15,16,17);1H. The summed E-state index contributed by atoms with van der Waals surface area (Å²) in [5.41, 5.74) is 1.58. The van der Waals surface area contributed by atoms with Gasteiger partial charge in [-0.25, -0.2) is 4.39 Å². The average Bonchev–Trinajstić information content (AvgIpc) is 2.37. The molecule has 0 aromatic heterocycles. The average molecular weight is 397 g/mol. The lowest BCUT2D eigenvalue weighted by molar-refractivity contribution is 0.615. The van der Waals surface area contributed by atoms with Crippen LogP contribution in [0, 0.1) is 12.7 Å². The highest BCUT2D eigenvalue weighted by Gasteiger charge is 2.01. The minimum Gasteiger partial charge on any atom is -0.356 e. The lowest BCUT2D eigenvalue weighted by Crippen LogP contribution is -2.37. The van der Waals surface area contributed by atoms with Crippen LogP contribution in [-0.2, 0) is 6.54 Å². The second kappa shape index (κ2) is 10.3. The molecule has 0 aliphatic rings. The van der Waals surface area contributed by atoms with Crippen molar-refractivity contribution in [2.24, 2.45) is 4.99 Å². The molecule has 0 bridgehead atoms. The predicted molar refractivity (Wildman–Crippen MR) is 93.1 cm³/mol. The number of hydrogen-bond acceptors (Lipinski definition) is 2. The second-order valence-electron chi connectivity index (χ2n) is 3.93. The number of thioether (sulfide) groups is 1. The Morgan fingerprint density at radius 1 is 1.37 bits per heavy atom. The van der Waals surface area contributed by atoms with Crippen LogP contribution in [0.15, 0.2) is 23.2 Å². The van der Waals surface area contributed by atoms with Gasteiger partial charge in [0.15, 0.2) is 5.96 Å². The van der Waals surface area contributed by atoms with Crippen molar-refractivity contribution in [3.05, 3.63) is 35.1 Å². The Morgan fingerprint density at radius 3 is 2.68 bits per heavy atom. The molecule has 0 aliphatic carbocycles. The van der Waals surface area contributed by atoms with Gasteiger partial charge in [0.1, 0.15) is 5.82 Å². The van der Waals surface area contributed by atoms with Gasteiger partial charge in [-0.3, -0.25) is 4.99 Å². The summed E-state index contributed by atoms with van der Waals surface area (Å²) in [5, 5.41) is 6.35. The summed E-state index contributed by atoms with van der Waals surface area (Å²) >= 11 is 1.78. The fourth-order valence-corrected chi connectivity index (χ4v) is 1.73. The molecule has 0 amide bonds. The zero-order valence-electron chi connectivity index (χ0n) is 11.5. The molecule has 0 spiro atoms. The second-order valence-corrected chi connectivity index (χ2v) is 4.91. The molecular weight excluding hydrogens is 376 g/mol. The molecule has 0 saturated carbocycles. The number of halogens is 2. The Morgan fingerprint density at radius 2 is 2.11 bits per heavy atom. The molecule has 3 nitrogen and oxygen atoms in total. The highest BCUT2D eigenvalue weighted by molar-refractivity contribution is 14.0. The Kier molecular flexibility index (Phi) is 10.0. The van der Waals surface area contributed by atoms with Gasteiger partial charge in [-0.2, -0.15) is 11.8 Å². The molecular formula is C13H21FIN3S. The molecule has 1 aromatic carbocycles. The van der Waals surface area contributed by atoms with Crippen molar-refractivity contribution in [3.63, 3.8) is 0 Å². The van der Waals surface area contributed by atoms with E-state index in [9.17, 15) is 4.39 Å². The Bertz CT molecular complexity index is 413. The van der Waals surface area contributed by atoms with Crippen molar-refractivity contribution in [1.29, 1.82) is 0 Å². The van der Waals surface area contributed by atoms with Crippen molar-refractivity contribution in [2.75, 3.05) is 25.6 Å². The molecule has 0 aliphatic heterocycles. The van der Waals surface area contributed by atoms with Gasteiger partial charge >= 0.3 is 0 Å². The summed E-state index contributed by atoms with van der Waals surface area (Å²) in [6.07, 6.45) is 2.06. The first-order valence-corrected chi connectivity index (χ1v) is 7.25. The maximum Gasteiger partial charge on any atom is 0.191 e. The molecule has 2 N–H and O–H groups in total. The minimum atomic E-state index is -0.167. The SMILES string of the molecule is CN=C(NCCSC)NCc1ccc(C)c(F)c1.I. The van der Waals surface area contributed by atoms with E-state index in [1.807, 2.05) is 6.07 Å². The monoisotopic (exact) mass is 397 g/mol. The largest absolute Gasteiger partial charge is 0.356 e. The van der Waals surface area contributed by atoms with E-state index in [-0.39, 0.29) is 29.8 Å².